The second-order valence-corrected chi connectivity index (χ2v) is 14.9. The summed E-state index contributed by atoms with van der Waals surface area (Å²) in [6.07, 6.45) is 10.3. The van der Waals surface area contributed by atoms with Crippen LogP contribution >= 0.6 is 45.9 Å². The number of hydrogen-bond donors (Lipinski definition) is 4. The number of thiophene rings is 1. The second kappa shape index (κ2) is 17.4. The second-order valence-electron chi connectivity index (χ2n) is 12.2. The lowest BCUT2D eigenvalue weighted by Crippen LogP contribution is -2.50. The maximum atomic E-state index is 13.3. The topological polar surface area (TPSA) is 176 Å². The predicted octanol–water partition coefficient (Wildman–Crippen LogP) is 6.29. The van der Waals surface area contributed by atoms with Gasteiger partial charge in [0.2, 0.25) is 0 Å². The van der Waals surface area contributed by atoms with E-state index in [9.17, 15) is 24.3 Å². The van der Waals surface area contributed by atoms with Crippen LogP contribution in [0.25, 0.3) is 10.6 Å². The van der Waals surface area contributed by atoms with E-state index in [1.807, 2.05) is 16.3 Å². The molecule has 2 saturated heterocycles. The lowest BCUT2D eigenvalue weighted by atomic mass is 9.94. The minimum atomic E-state index is -1.26. The van der Waals surface area contributed by atoms with Crippen LogP contribution in [-0.4, -0.2) is 99.3 Å². The number of carbonyl (C=O) groups is 4. The number of carboxylic acid groups (broad SMARTS) is 3. The van der Waals surface area contributed by atoms with Gasteiger partial charge < -0.3 is 25.1 Å². The summed E-state index contributed by atoms with van der Waals surface area (Å²) >= 11 is 15.9. The standard InChI is InChI=1S/C29H34Cl2N6O3S2.C4H4O4/c30-20-15-23(41-17-20)24-27(37-12-10-35(11-13-37)21-4-2-1-3-5-21)42-29(33-24)34-26(38)19-14-22(31)25(32-16-19)36-8-6-18(7-9-36)28(39)40;5-3(6)1-2-4(7)8/h14-18,21H,1-13H2,(H,39,40)(H,33,34,38);1-2H,(H,5,6)(H,7,8). The summed E-state index contributed by atoms with van der Waals surface area (Å²) in [6, 6.07) is 4.24. The molecule has 2 aliphatic heterocycles. The molecule has 3 fully saturated rings. The monoisotopic (exact) mass is 764 g/mol. The minimum Gasteiger partial charge on any atom is -0.481 e. The maximum Gasteiger partial charge on any atom is 0.328 e. The highest BCUT2D eigenvalue weighted by molar-refractivity contribution is 7.21. The van der Waals surface area contributed by atoms with Crippen molar-refractivity contribution in [3.05, 3.63) is 51.5 Å². The average molecular weight is 766 g/mol. The molecule has 3 aromatic heterocycles. The molecule has 0 bridgehead atoms. The Labute approximate surface area is 307 Å². The molecule has 50 heavy (non-hydrogen) atoms. The highest BCUT2D eigenvalue weighted by Gasteiger charge is 2.29. The number of anilines is 3. The van der Waals surface area contributed by atoms with E-state index in [4.69, 9.17) is 38.4 Å². The molecule has 6 rings (SSSR count). The van der Waals surface area contributed by atoms with Crippen LogP contribution in [-0.2, 0) is 14.4 Å². The van der Waals surface area contributed by atoms with Crippen LogP contribution in [0.15, 0.2) is 35.9 Å². The van der Waals surface area contributed by atoms with Gasteiger partial charge in [-0.3, -0.25) is 19.8 Å². The SMILES string of the molecule is O=C(Nc1nc(-c2cc(Cl)cs2)c(N2CCN(C3CCCCC3)CC2)s1)c1cnc(N2CCC(C(=O)O)CC2)c(Cl)c1.O=C(O)C=CC(=O)O. The number of rotatable bonds is 9. The molecule has 13 nitrogen and oxygen atoms in total. The van der Waals surface area contributed by atoms with Crippen molar-refractivity contribution in [2.45, 2.75) is 51.0 Å². The maximum absolute atomic E-state index is 13.3. The van der Waals surface area contributed by atoms with E-state index >= 15 is 0 Å². The third kappa shape index (κ3) is 9.94. The van der Waals surface area contributed by atoms with Crippen LogP contribution in [0.2, 0.25) is 10.0 Å². The van der Waals surface area contributed by atoms with E-state index < -0.39 is 17.9 Å². The van der Waals surface area contributed by atoms with Gasteiger partial charge in [-0.2, -0.15) is 0 Å². The van der Waals surface area contributed by atoms with Crippen molar-refractivity contribution in [2.75, 3.05) is 54.4 Å². The van der Waals surface area contributed by atoms with Gasteiger partial charge in [-0.25, -0.2) is 19.6 Å². The van der Waals surface area contributed by atoms with Gasteiger partial charge >= 0.3 is 17.9 Å². The number of nitrogens with zero attached hydrogens (tertiary/aromatic N) is 5. The molecule has 1 aliphatic carbocycles. The number of pyridine rings is 1. The van der Waals surface area contributed by atoms with Crippen molar-refractivity contribution in [2.24, 2.45) is 5.92 Å². The van der Waals surface area contributed by atoms with Crippen molar-refractivity contribution in [3.8, 4) is 10.6 Å². The number of nitrogens with one attached hydrogen (secondary N) is 1. The van der Waals surface area contributed by atoms with E-state index in [1.165, 1.54) is 49.6 Å². The summed E-state index contributed by atoms with van der Waals surface area (Å²) in [6.45, 7) is 5.01. The molecule has 4 N–H and O–H groups in total. The van der Waals surface area contributed by atoms with Crippen molar-refractivity contribution in [1.82, 2.24) is 14.9 Å². The Hall–Kier alpha value is -3.76. The van der Waals surface area contributed by atoms with Crippen LogP contribution < -0.4 is 15.1 Å². The van der Waals surface area contributed by atoms with Gasteiger partial charge in [-0.1, -0.05) is 53.8 Å². The van der Waals surface area contributed by atoms with Crippen molar-refractivity contribution >= 4 is 85.6 Å². The first-order valence-corrected chi connectivity index (χ1v) is 18.8. The first kappa shape index (κ1) is 37.5. The Balaban J connectivity index is 0.000000544. The molecule has 0 unspecified atom stereocenters. The quantitative estimate of drug-likeness (QED) is 0.179. The van der Waals surface area contributed by atoms with E-state index in [-0.39, 0.29) is 11.8 Å². The molecule has 3 aromatic rings. The smallest absolute Gasteiger partial charge is 0.328 e. The van der Waals surface area contributed by atoms with Crippen molar-refractivity contribution < 1.29 is 34.5 Å². The highest BCUT2D eigenvalue weighted by Crippen LogP contribution is 2.42. The van der Waals surface area contributed by atoms with Gasteiger partial charge in [-0.15, -0.1) is 11.3 Å². The number of halogens is 2. The fourth-order valence-corrected chi connectivity index (χ4v) is 8.79. The zero-order valence-corrected chi connectivity index (χ0v) is 30.2. The highest BCUT2D eigenvalue weighted by atomic mass is 35.5. The van der Waals surface area contributed by atoms with E-state index in [0.717, 1.165) is 41.8 Å². The van der Waals surface area contributed by atoms with Crippen molar-refractivity contribution in [3.63, 3.8) is 0 Å². The molecule has 0 atom stereocenters. The predicted molar refractivity (Wildman–Crippen MR) is 195 cm³/mol. The molecule has 268 valence electrons. The third-order valence-electron chi connectivity index (χ3n) is 8.92. The molecule has 3 aliphatic rings. The number of carbonyl (C=O) groups excluding carboxylic acids is 1. The normalized spacial score (nSPS) is 17.7. The minimum absolute atomic E-state index is 0.335. The Morgan fingerprint density at radius 1 is 0.860 bits per heavy atom. The molecule has 17 heteroatoms. The molecule has 1 amide bonds. The van der Waals surface area contributed by atoms with Crippen LogP contribution in [0, 0.1) is 5.92 Å². The van der Waals surface area contributed by atoms with Gasteiger partial charge in [0, 0.05) is 69.0 Å². The molecular formula is C33H38Cl2N6O7S2. The zero-order valence-electron chi connectivity index (χ0n) is 27.1. The van der Waals surface area contributed by atoms with Crippen LogP contribution in [0.4, 0.5) is 16.0 Å². The number of carboxylic acids is 3. The molecular weight excluding hydrogens is 727 g/mol. The summed E-state index contributed by atoms with van der Waals surface area (Å²) in [4.78, 5) is 61.0. The Morgan fingerprint density at radius 3 is 2.08 bits per heavy atom. The fraction of sp³-hybridized carbons (Fsp3) is 0.455. The summed E-state index contributed by atoms with van der Waals surface area (Å²) in [5, 5.41) is 32.4. The largest absolute Gasteiger partial charge is 0.481 e. The number of thiazole rings is 1. The Morgan fingerprint density at radius 2 is 1.52 bits per heavy atom. The summed E-state index contributed by atoms with van der Waals surface area (Å²) in [5.74, 6) is -3.39. The summed E-state index contributed by atoms with van der Waals surface area (Å²) < 4.78 is 0. The van der Waals surface area contributed by atoms with Gasteiger partial charge in [0.1, 0.15) is 16.5 Å². The number of piperazine rings is 1. The van der Waals surface area contributed by atoms with Crippen LogP contribution in [0.1, 0.15) is 55.3 Å². The van der Waals surface area contributed by atoms with Crippen LogP contribution in [0.3, 0.4) is 0 Å². The van der Waals surface area contributed by atoms with E-state index in [0.29, 0.717) is 70.7 Å². The van der Waals surface area contributed by atoms with Gasteiger partial charge in [0.15, 0.2) is 5.13 Å². The Bertz CT molecular complexity index is 1700. The average Bonchev–Trinajstić information content (AvgIpc) is 3.74. The lowest BCUT2D eigenvalue weighted by Gasteiger charge is -2.41. The number of piperidine rings is 1. The van der Waals surface area contributed by atoms with E-state index in [2.05, 4.69) is 20.1 Å². The Kier molecular flexibility index (Phi) is 13.1. The molecule has 1 saturated carbocycles. The lowest BCUT2D eigenvalue weighted by molar-refractivity contribution is -0.142. The first-order valence-electron chi connectivity index (χ1n) is 16.3. The van der Waals surface area contributed by atoms with Gasteiger partial charge in [0.05, 0.1) is 26.4 Å². The molecule has 5 heterocycles. The van der Waals surface area contributed by atoms with E-state index in [1.54, 1.807) is 17.4 Å². The number of aromatic nitrogens is 2. The molecule has 0 radical (unpaired) electrons. The fourth-order valence-electron chi connectivity index (χ4n) is 6.35. The summed E-state index contributed by atoms with van der Waals surface area (Å²) in [5.41, 5.74) is 1.18. The van der Waals surface area contributed by atoms with Crippen molar-refractivity contribution in [1.29, 1.82) is 0 Å². The van der Waals surface area contributed by atoms with Crippen LogP contribution in [0.5, 0.6) is 0 Å². The molecule has 0 spiro atoms. The number of aliphatic carboxylic acids is 3. The zero-order chi connectivity index (χ0) is 35.8. The number of hydrogen-bond acceptors (Lipinski definition) is 11. The first-order chi connectivity index (χ1) is 24.0. The number of amides is 1. The summed E-state index contributed by atoms with van der Waals surface area (Å²) in [7, 11) is 0. The molecule has 0 aromatic carbocycles. The van der Waals surface area contributed by atoms with Gasteiger partial charge in [-0.05, 0) is 37.8 Å². The van der Waals surface area contributed by atoms with Gasteiger partial charge in [0.25, 0.3) is 5.91 Å². The third-order valence-corrected chi connectivity index (χ3v) is 11.5.